The van der Waals surface area contributed by atoms with Gasteiger partial charge in [-0.05, 0) is 16.9 Å². The van der Waals surface area contributed by atoms with Crippen LogP contribution in [0.25, 0.3) is 0 Å². The molecule has 0 aromatic rings. The van der Waals surface area contributed by atoms with E-state index in [0.717, 1.165) is 6.04 Å². The summed E-state index contributed by atoms with van der Waals surface area (Å²) in [5, 5.41) is 0. The van der Waals surface area contributed by atoms with Gasteiger partial charge < -0.3 is 0 Å². The van der Waals surface area contributed by atoms with Gasteiger partial charge in [0.25, 0.3) is 0 Å². The fraction of sp³-hybridized carbons (Fsp3) is 1.00. The SMILES string of the molecule is Cl[SiH](Cl)CCCCCCCCCCCCCCCCCCCCCCCCCCCCCCCCCI. The van der Waals surface area contributed by atoms with E-state index in [1.54, 1.807) is 0 Å². The summed E-state index contributed by atoms with van der Waals surface area (Å²) in [6.07, 6.45) is 45.2. The first-order valence-electron chi connectivity index (χ1n) is 17.1. The van der Waals surface area contributed by atoms with Gasteiger partial charge in [-0.15, -0.1) is 0 Å². The molecule has 0 aliphatic carbocycles. The van der Waals surface area contributed by atoms with E-state index in [4.69, 9.17) is 22.2 Å². The monoisotopic (exact) mass is 688 g/mol. The molecule has 0 unspecified atom stereocenters. The second kappa shape index (κ2) is 35.6. The Labute approximate surface area is 260 Å². The van der Waals surface area contributed by atoms with Crippen LogP contribution in [0.4, 0.5) is 0 Å². The van der Waals surface area contributed by atoms with E-state index in [9.17, 15) is 0 Å². The van der Waals surface area contributed by atoms with Crippen LogP contribution >= 0.6 is 44.7 Å². The van der Waals surface area contributed by atoms with E-state index in [1.807, 2.05) is 0 Å². The molecule has 4 heteroatoms. The summed E-state index contributed by atoms with van der Waals surface area (Å²) in [6, 6.07) is 1.10. The van der Waals surface area contributed by atoms with Crippen LogP contribution in [0.2, 0.25) is 6.04 Å². The lowest BCUT2D eigenvalue weighted by Gasteiger charge is -2.05. The van der Waals surface area contributed by atoms with Crippen molar-refractivity contribution in [2.45, 2.75) is 205 Å². The van der Waals surface area contributed by atoms with Crippen LogP contribution in [0, 0.1) is 0 Å². The number of hydrogen-bond donors (Lipinski definition) is 0. The standard InChI is InChI=1S/C33H67Cl2ISi/c34-37(35)33-31-29-27-25-23-21-19-17-15-13-11-9-7-5-3-1-2-4-6-8-10-12-14-16-18-20-22-24-26-28-30-32-36/h37H,1-33H2. The molecule has 0 aromatic heterocycles. The van der Waals surface area contributed by atoms with Crippen LogP contribution in [0.15, 0.2) is 0 Å². The molecule has 0 radical (unpaired) electrons. The number of unbranched alkanes of at least 4 members (excludes halogenated alkanes) is 30. The summed E-state index contributed by atoms with van der Waals surface area (Å²) in [5.74, 6) is 0. The van der Waals surface area contributed by atoms with E-state index in [1.165, 1.54) is 203 Å². The first kappa shape index (κ1) is 38.5. The molecule has 0 aromatic carbocycles. The van der Waals surface area contributed by atoms with Crippen LogP contribution in [-0.4, -0.2) is 11.8 Å². The van der Waals surface area contributed by atoms with Crippen LogP contribution in [0.3, 0.4) is 0 Å². The molecule has 0 nitrogen and oxygen atoms in total. The first-order chi connectivity index (χ1) is 18.3. The Kier molecular flexibility index (Phi) is 37.0. The highest BCUT2D eigenvalue weighted by atomic mass is 127. The molecule has 0 bridgehead atoms. The van der Waals surface area contributed by atoms with Gasteiger partial charge in [-0.3, -0.25) is 0 Å². The van der Waals surface area contributed by atoms with E-state index < -0.39 is 7.42 Å². The molecule has 0 spiro atoms. The van der Waals surface area contributed by atoms with E-state index >= 15 is 0 Å². The number of rotatable bonds is 33. The van der Waals surface area contributed by atoms with Crippen molar-refractivity contribution in [3.63, 3.8) is 0 Å². The van der Waals surface area contributed by atoms with Gasteiger partial charge in [0.2, 0.25) is 7.42 Å². The van der Waals surface area contributed by atoms with Crippen LogP contribution in [0.1, 0.15) is 199 Å². The average Bonchev–Trinajstić information content (AvgIpc) is 2.89. The highest BCUT2D eigenvalue weighted by molar-refractivity contribution is 14.1. The van der Waals surface area contributed by atoms with Crippen LogP contribution in [0.5, 0.6) is 0 Å². The molecule has 224 valence electrons. The molecule has 37 heavy (non-hydrogen) atoms. The van der Waals surface area contributed by atoms with Gasteiger partial charge in [-0.25, -0.2) is 0 Å². The lowest BCUT2D eigenvalue weighted by atomic mass is 10.0. The van der Waals surface area contributed by atoms with Crippen molar-refractivity contribution in [2.24, 2.45) is 0 Å². The number of hydrogen-bond acceptors (Lipinski definition) is 0. The normalized spacial score (nSPS) is 11.7. The topological polar surface area (TPSA) is 0 Å². The van der Waals surface area contributed by atoms with Gasteiger partial charge in [0.1, 0.15) is 0 Å². The van der Waals surface area contributed by atoms with Crippen molar-refractivity contribution in [3.05, 3.63) is 0 Å². The van der Waals surface area contributed by atoms with Gasteiger partial charge >= 0.3 is 0 Å². The zero-order valence-corrected chi connectivity index (χ0v) is 29.9. The Morgan fingerprint density at radius 3 is 0.595 bits per heavy atom. The largest absolute Gasteiger partial charge is 0.237 e. The van der Waals surface area contributed by atoms with Gasteiger partial charge in [0.05, 0.1) is 0 Å². The molecule has 0 atom stereocenters. The summed E-state index contributed by atoms with van der Waals surface area (Å²) in [5.41, 5.74) is 0. The summed E-state index contributed by atoms with van der Waals surface area (Å²) < 4.78 is 1.34. The van der Waals surface area contributed by atoms with Crippen molar-refractivity contribution in [2.75, 3.05) is 4.43 Å². The average molecular weight is 690 g/mol. The molecule has 0 rings (SSSR count). The Morgan fingerprint density at radius 2 is 0.432 bits per heavy atom. The third-order valence-electron chi connectivity index (χ3n) is 8.06. The van der Waals surface area contributed by atoms with Crippen LogP contribution < -0.4 is 0 Å². The Balaban J connectivity index is 3.01. The molecule has 0 aliphatic heterocycles. The Bertz CT molecular complexity index is 395. The maximum Gasteiger partial charge on any atom is 0.237 e. The summed E-state index contributed by atoms with van der Waals surface area (Å²) in [6.45, 7) is 0. The molecule has 0 aliphatic rings. The van der Waals surface area contributed by atoms with Crippen LogP contribution in [-0.2, 0) is 0 Å². The predicted molar refractivity (Wildman–Crippen MR) is 186 cm³/mol. The van der Waals surface area contributed by atoms with Crippen molar-refractivity contribution < 1.29 is 0 Å². The highest BCUT2D eigenvalue weighted by Gasteiger charge is 2.01. The highest BCUT2D eigenvalue weighted by Crippen LogP contribution is 2.17. The second-order valence-corrected chi connectivity index (χ2v) is 18.1. The molecule has 0 saturated carbocycles. The molecule has 0 saturated heterocycles. The molecule has 0 N–H and O–H groups in total. The minimum Gasteiger partial charge on any atom is -0.150 e. The Hall–Kier alpha value is 1.53. The summed E-state index contributed by atoms with van der Waals surface area (Å²) >= 11 is 14.3. The minimum atomic E-state index is -1.33. The van der Waals surface area contributed by atoms with Crippen molar-refractivity contribution in [3.8, 4) is 0 Å². The maximum absolute atomic E-state index is 5.90. The van der Waals surface area contributed by atoms with Gasteiger partial charge in [0, 0.05) is 0 Å². The zero-order chi connectivity index (χ0) is 26.9. The predicted octanol–water partition coefficient (Wildman–Crippen LogP) is 14.2. The van der Waals surface area contributed by atoms with Crippen molar-refractivity contribution >= 4 is 52.2 Å². The fourth-order valence-electron chi connectivity index (χ4n) is 5.52. The number of alkyl halides is 1. The smallest absolute Gasteiger partial charge is 0.150 e. The summed E-state index contributed by atoms with van der Waals surface area (Å²) in [4.78, 5) is 0. The minimum absolute atomic E-state index is 1.10. The first-order valence-corrected chi connectivity index (χ1v) is 22.9. The van der Waals surface area contributed by atoms with Gasteiger partial charge in [-0.2, -0.15) is 22.2 Å². The number of halogens is 3. The lowest BCUT2D eigenvalue weighted by molar-refractivity contribution is 0.513. The molecular weight excluding hydrogens is 622 g/mol. The van der Waals surface area contributed by atoms with Gasteiger partial charge in [0.15, 0.2) is 0 Å². The van der Waals surface area contributed by atoms with Crippen molar-refractivity contribution in [1.82, 2.24) is 0 Å². The third-order valence-corrected chi connectivity index (χ3v) is 11.0. The Morgan fingerprint density at radius 1 is 0.270 bits per heavy atom. The molecule has 0 fully saturated rings. The molecule has 0 heterocycles. The van der Waals surface area contributed by atoms with E-state index in [-0.39, 0.29) is 0 Å². The maximum atomic E-state index is 5.90. The van der Waals surface area contributed by atoms with E-state index in [0.29, 0.717) is 0 Å². The van der Waals surface area contributed by atoms with Crippen molar-refractivity contribution in [1.29, 1.82) is 0 Å². The molecular formula is C33H67Cl2ISi. The lowest BCUT2D eigenvalue weighted by Crippen LogP contribution is -1.91. The fourth-order valence-corrected chi connectivity index (χ4v) is 7.58. The molecule has 0 amide bonds. The van der Waals surface area contributed by atoms with Gasteiger partial charge in [-0.1, -0.05) is 215 Å². The third kappa shape index (κ3) is 37.5. The quantitative estimate of drug-likeness (QED) is 0.0212. The second-order valence-electron chi connectivity index (χ2n) is 11.8. The zero-order valence-electron chi connectivity index (χ0n) is 25.0. The summed E-state index contributed by atoms with van der Waals surface area (Å²) in [7, 11) is -1.33. The van der Waals surface area contributed by atoms with E-state index in [2.05, 4.69) is 22.6 Å².